The Morgan fingerprint density at radius 3 is 2.63 bits per heavy atom. The maximum atomic E-state index is 12.2. The van der Waals surface area contributed by atoms with Crippen molar-refractivity contribution in [3.63, 3.8) is 0 Å². The number of anilines is 1. The summed E-state index contributed by atoms with van der Waals surface area (Å²) in [5.74, 6) is 0.880. The van der Waals surface area contributed by atoms with E-state index in [1.54, 1.807) is 18.2 Å². The second kappa shape index (κ2) is 7.02. The van der Waals surface area contributed by atoms with E-state index in [2.05, 4.69) is 19.2 Å². The molecule has 0 saturated carbocycles. The zero-order valence-corrected chi connectivity index (χ0v) is 12.2. The van der Waals surface area contributed by atoms with Gasteiger partial charge in [0.05, 0.1) is 17.9 Å². The van der Waals surface area contributed by atoms with Crippen LogP contribution in [-0.2, 0) is 0 Å². The number of hydrogen-bond acceptors (Lipinski definition) is 3. The number of rotatable bonds is 6. The highest BCUT2D eigenvalue weighted by atomic mass is 16.5. The number of hydrogen-bond donors (Lipinski definition) is 2. The summed E-state index contributed by atoms with van der Waals surface area (Å²) in [5, 5.41) is 2.98. The molecule has 0 aromatic heterocycles. The van der Waals surface area contributed by atoms with Gasteiger partial charge in [-0.15, -0.1) is 0 Å². The molecule has 1 aromatic carbocycles. The average Bonchev–Trinajstić information content (AvgIpc) is 2.30. The lowest BCUT2D eigenvalue weighted by atomic mass is 10.0. The van der Waals surface area contributed by atoms with Gasteiger partial charge >= 0.3 is 0 Å². The molecule has 1 unspecified atom stereocenters. The van der Waals surface area contributed by atoms with Crippen LogP contribution in [0.2, 0.25) is 0 Å². The molecule has 1 atom stereocenters. The third-order valence-electron chi connectivity index (χ3n) is 2.78. The lowest BCUT2D eigenvalue weighted by molar-refractivity contribution is 0.0932. The molecule has 1 aromatic rings. The number of amides is 1. The molecule has 3 N–H and O–H groups in total. The van der Waals surface area contributed by atoms with E-state index in [9.17, 15) is 4.79 Å². The molecule has 0 saturated heterocycles. The minimum absolute atomic E-state index is 0.128. The van der Waals surface area contributed by atoms with Crippen LogP contribution in [0.15, 0.2) is 18.2 Å². The Kier molecular flexibility index (Phi) is 5.67. The fourth-order valence-electron chi connectivity index (χ4n) is 2.11. The van der Waals surface area contributed by atoms with Gasteiger partial charge < -0.3 is 15.8 Å². The number of carbonyl (C=O) groups is 1. The number of nitrogens with one attached hydrogen (secondary N) is 1. The maximum absolute atomic E-state index is 12.2. The third kappa shape index (κ3) is 4.47. The van der Waals surface area contributed by atoms with Crippen molar-refractivity contribution in [2.45, 2.75) is 40.2 Å². The number of para-hydroxylation sites is 1. The van der Waals surface area contributed by atoms with Crippen molar-refractivity contribution in [1.29, 1.82) is 0 Å². The van der Waals surface area contributed by atoms with E-state index in [0.29, 0.717) is 29.5 Å². The molecule has 0 radical (unpaired) electrons. The van der Waals surface area contributed by atoms with E-state index < -0.39 is 0 Å². The first kappa shape index (κ1) is 15.3. The Bertz CT molecular complexity index is 430. The molecular formula is C15H24N2O2. The molecule has 4 heteroatoms. The fourth-order valence-corrected chi connectivity index (χ4v) is 2.11. The standard InChI is InChI=1S/C15H24N2O2/c1-5-19-14-12(7-6-8-13(14)16)15(18)17-11(4)9-10(2)3/h6-8,10-11H,5,9,16H2,1-4H3,(H,17,18). The average molecular weight is 264 g/mol. The fraction of sp³-hybridized carbons (Fsp3) is 0.533. The topological polar surface area (TPSA) is 64.3 Å². The highest BCUT2D eigenvalue weighted by Crippen LogP contribution is 2.26. The lowest BCUT2D eigenvalue weighted by Gasteiger charge is -2.18. The second-order valence-corrected chi connectivity index (χ2v) is 5.16. The van der Waals surface area contributed by atoms with Crippen LogP contribution >= 0.6 is 0 Å². The summed E-state index contributed by atoms with van der Waals surface area (Å²) in [6, 6.07) is 5.36. The monoisotopic (exact) mass is 264 g/mol. The van der Waals surface area contributed by atoms with Crippen LogP contribution < -0.4 is 15.8 Å². The number of ether oxygens (including phenoxy) is 1. The van der Waals surface area contributed by atoms with E-state index in [1.165, 1.54) is 0 Å². The number of nitrogens with two attached hydrogens (primary N) is 1. The molecule has 0 spiro atoms. The van der Waals surface area contributed by atoms with Crippen LogP contribution in [0.1, 0.15) is 44.5 Å². The van der Waals surface area contributed by atoms with E-state index in [1.807, 2.05) is 13.8 Å². The predicted octanol–water partition coefficient (Wildman–Crippen LogP) is 2.83. The molecule has 0 fully saturated rings. The highest BCUT2D eigenvalue weighted by Gasteiger charge is 2.17. The first-order valence-electron chi connectivity index (χ1n) is 6.77. The van der Waals surface area contributed by atoms with Crippen LogP contribution in [0, 0.1) is 5.92 Å². The van der Waals surface area contributed by atoms with Gasteiger partial charge in [0.2, 0.25) is 0 Å². The van der Waals surface area contributed by atoms with Gasteiger partial charge in [-0.05, 0) is 38.3 Å². The van der Waals surface area contributed by atoms with Gasteiger partial charge in [0.25, 0.3) is 5.91 Å². The van der Waals surface area contributed by atoms with Gasteiger partial charge in [-0.3, -0.25) is 4.79 Å². The van der Waals surface area contributed by atoms with Crippen molar-refractivity contribution < 1.29 is 9.53 Å². The Balaban J connectivity index is 2.84. The minimum Gasteiger partial charge on any atom is -0.491 e. The van der Waals surface area contributed by atoms with Gasteiger partial charge in [0.1, 0.15) is 0 Å². The normalized spacial score (nSPS) is 12.3. The van der Waals surface area contributed by atoms with Crippen LogP contribution in [0.5, 0.6) is 5.75 Å². The number of benzene rings is 1. The molecule has 106 valence electrons. The molecule has 19 heavy (non-hydrogen) atoms. The van der Waals surface area contributed by atoms with E-state index in [4.69, 9.17) is 10.5 Å². The first-order chi connectivity index (χ1) is 8.95. The summed E-state index contributed by atoms with van der Waals surface area (Å²) in [4.78, 5) is 12.2. The van der Waals surface area contributed by atoms with E-state index in [0.717, 1.165) is 6.42 Å². The van der Waals surface area contributed by atoms with E-state index >= 15 is 0 Å². The molecule has 0 aliphatic rings. The van der Waals surface area contributed by atoms with Gasteiger partial charge in [0.15, 0.2) is 5.75 Å². The van der Waals surface area contributed by atoms with Gasteiger partial charge in [-0.25, -0.2) is 0 Å². The Morgan fingerprint density at radius 2 is 2.05 bits per heavy atom. The minimum atomic E-state index is -0.135. The smallest absolute Gasteiger partial charge is 0.255 e. The summed E-state index contributed by atoms with van der Waals surface area (Å²) in [6.45, 7) is 8.62. The van der Waals surface area contributed by atoms with Crippen molar-refractivity contribution in [2.75, 3.05) is 12.3 Å². The molecular weight excluding hydrogens is 240 g/mol. The second-order valence-electron chi connectivity index (χ2n) is 5.16. The number of nitrogen functional groups attached to an aromatic ring is 1. The molecule has 4 nitrogen and oxygen atoms in total. The van der Waals surface area contributed by atoms with Gasteiger partial charge in [-0.2, -0.15) is 0 Å². The molecule has 1 rings (SSSR count). The molecule has 0 aliphatic heterocycles. The van der Waals surface area contributed by atoms with Crippen LogP contribution in [0.4, 0.5) is 5.69 Å². The van der Waals surface area contributed by atoms with Crippen molar-refractivity contribution in [3.8, 4) is 5.75 Å². The van der Waals surface area contributed by atoms with E-state index in [-0.39, 0.29) is 11.9 Å². The molecule has 0 aliphatic carbocycles. The van der Waals surface area contributed by atoms with Crippen molar-refractivity contribution in [1.82, 2.24) is 5.32 Å². The van der Waals surface area contributed by atoms with Crippen LogP contribution in [-0.4, -0.2) is 18.6 Å². The van der Waals surface area contributed by atoms with Crippen molar-refractivity contribution >= 4 is 11.6 Å². The molecule has 0 heterocycles. The summed E-state index contributed by atoms with van der Waals surface area (Å²) < 4.78 is 5.47. The summed E-state index contributed by atoms with van der Waals surface area (Å²) in [7, 11) is 0. The van der Waals surface area contributed by atoms with Crippen LogP contribution in [0.3, 0.4) is 0 Å². The predicted molar refractivity (Wildman–Crippen MR) is 78.4 cm³/mol. The zero-order chi connectivity index (χ0) is 14.4. The Morgan fingerprint density at radius 1 is 1.37 bits per heavy atom. The maximum Gasteiger partial charge on any atom is 0.255 e. The highest BCUT2D eigenvalue weighted by molar-refractivity contribution is 5.98. The van der Waals surface area contributed by atoms with Crippen molar-refractivity contribution in [3.05, 3.63) is 23.8 Å². The SMILES string of the molecule is CCOc1c(N)cccc1C(=O)NC(C)CC(C)C. The summed E-state index contributed by atoms with van der Waals surface area (Å²) >= 11 is 0. The summed E-state index contributed by atoms with van der Waals surface area (Å²) in [6.07, 6.45) is 0.942. The van der Waals surface area contributed by atoms with Crippen LogP contribution in [0.25, 0.3) is 0 Å². The first-order valence-corrected chi connectivity index (χ1v) is 6.77. The quantitative estimate of drug-likeness (QED) is 0.776. The molecule has 1 amide bonds. The molecule has 0 bridgehead atoms. The summed E-state index contributed by atoms with van der Waals surface area (Å²) in [5.41, 5.74) is 6.84. The van der Waals surface area contributed by atoms with Crippen molar-refractivity contribution in [2.24, 2.45) is 5.92 Å². The number of carbonyl (C=O) groups excluding carboxylic acids is 1. The lowest BCUT2D eigenvalue weighted by Crippen LogP contribution is -2.33. The third-order valence-corrected chi connectivity index (χ3v) is 2.78. The zero-order valence-electron chi connectivity index (χ0n) is 12.2. The Hall–Kier alpha value is -1.71. The van der Waals surface area contributed by atoms with Gasteiger partial charge in [-0.1, -0.05) is 19.9 Å². The van der Waals surface area contributed by atoms with Gasteiger partial charge in [0, 0.05) is 6.04 Å². The largest absolute Gasteiger partial charge is 0.491 e. The Labute approximate surface area is 115 Å².